The number of benzene rings is 1. The van der Waals surface area contributed by atoms with E-state index in [1.165, 1.54) is 0 Å². The monoisotopic (exact) mass is 384 g/mol. The molecule has 3 rings (SSSR count). The highest BCUT2D eigenvalue weighted by Crippen LogP contribution is 2.21. The summed E-state index contributed by atoms with van der Waals surface area (Å²) in [6, 6.07) is 7.26. The number of anilines is 1. The van der Waals surface area contributed by atoms with E-state index in [9.17, 15) is 14.7 Å². The minimum Gasteiger partial charge on any atom is -0.393 e. The predicted molar refractivity (Wildman–Crippen MR) is 108 cm³/mol. The first-order chi connectivity index (χ1) is 13.3. The van der Waals surface area contributed by atoms with Crippen molar-refractivity contribution in [2.75, 3.05) is 18.4 Å². The van der Waals surface area contributed by atoms with Gasteiger partial charge in [-0.15, -0.1) is 0 Å². The zero-order chi connectivity index (χ0) is 20.4. The summed E-state index contributed by atoms with van der Waals surface area (Å²) in [5.74, 6) is -0.376. The van der Waals surface area contributed by atoms with E-state index in [1.54, 1.807) is 23.1 Å². The molecule has 7 nitrogen and oxygen atoms in total. The summed E-state index contributed by atoms with van der Waals surface area (Å²) in [7, 11) is 0. The second kappa shape index (κ2) is 8.14. The van der Waals surface area contributed by atoms with Crippen LogP contribution in [0.15, 0.2) is 24.3 Å². The lowest BCUT2D eigenvalue weighted by atomic mass is 10.0. The van der Waals surface area contributed by atoms with Gasteiger partial charge in [-0.3, -0.25) is 14.3 Å². The van der Waals surface area contributed by atoms with Crippen molar-refractivity contribution in [3.63, 3.8) is 0 Å². The maximum Gasteiger partial charge on any atom is 0.276 e. The molecule has 2 N–H and O–H groups in total. The molecule has 7 heteroatoms. The van der Waals surface area contributed by atoms with E-state index in [0.717, 1.165) is 11.3 Å². The lowest BCUT2D eigenvalue weighted by Crippen LogP contribution is -2.40. The van der Waals surface area contributed by atoms with Gasteiger partial charge >= 0.3 is 0 Å². The molecule has 1 fully saturated rings. The van der Waals surface area contributed by atoms with E-state index in [4.69, 9.17) is 0 Å². The topological polar surface area (TPSA) is 87.5 Å². The molecule has 150 valence electrons. The third kappa shape index (κ3) is 4.25. The van der Waals surface area contributed by atoms with Gasteiger partial charge in [0.25, 0.3) is 11.8 Å². The molecule has 2 heterocycles. The molecular formula is C21H28N4O3. The van der Waals surface area contributed by atoms with Crippen molar-refractivity contribution < 1.29 is 14.7 Å². The van der Waals surface area contributed by atoms with Crippen molar-refractivity contribution in [1.29, 1.82) is 0 Å². The second-order valence-corrected chi connectivity index (χ2v) is 7.72. The molecule has 0 spiro atoms. The van der Waals surface area contributed by atoms with Crippen LogP contribution in [-0.2, 0) is 0 Å². The van der Waals surface area contributed by atoms with E-state index < -0.39 is 0 Å². The summed E-state index contributed by atoms with van der Waals surface area (Å²) in [5.41, 5.74) is 3.28. The molecule has 2 aromatic rings. The van der Waals surface area contributed by atoms with Crippen molar-refractivity contribution >= 4 is 17.5 Å². The number of aromatic nitrogens is 2. The molecule has 0 atom stereocenters. The number of likely N-dealkylation sites (tertiary alicyclic amines) is 1. The van der Waals surface area contributed by atoms with Gasteiger partial charge in [0.05, 0.1) is 6.10 Å². The normalized spacial score (nSPS) is 15.1. The highest BCUT2D eigenvalue weighted by atomic mass is 16.3. The quantitative estimate of drug-likeness (QED) is 0.848. The van der Waals surface area contributed by atoms with Gasteiger partial charge < -0.3 is 15.3 Å². The molecule has 0 unspecified atom stereocenters. The van der Waals surface area contributed by atoms with Crippen LogP contribution in [0.25, 0.3) is 0 Å². The number of carbonyl (C=O) groups is 2. The summed E-state index contributed by atoms with van der Waals surface area (Å²) >= 11 is 0. The molecule has 0 saturated carbocycles. The Morgan fingerprint density at radius 2 is 1.86 bits per heavy atom. The van der Waals surface area contributed by atoms with Crippen LogP contribution in [0.5, 0.6) is 0 Å². The van der Waals surface area contributed by atoms with Gasteiger partial charge in [0.2, 0.25) is 0 Å². The molecule has 1 aliphatic rings. The number of aryl methyl sites for hydroxylation is 2. The number of piperidine rings is 1. The summed E-state index contributed by atoms with van der Waals surface area (Å²) in [6.45, 7) is 8.92. The van der Waals surface area contributed by atoms with Gasteiger partial charge in [0.1, 0.15) is 0 Å². The number of hydrogen-bond acceptors (Lipinski definition) is 4. The maximum atomic E-state index is 12.8. The Labute approximate surface area is 165 Å². The zero-order valence-corrected chi connectivity index (χ0v) is 16.9. The molecule has 1 aromatic carbocycles. The highest BCUT2D eigenvalue weighted by Gasteiger charge is 2.23. The first-order valence-corrected chi connectivity index (χ1v) is 9.71. The van der Waals surface area contributed by atoms with Crippen LogP contribution in [0, 0.1) is 13.8 Å². The number of aliphatic hydroxyl groups excluding tert-OH is 1. The van der Waals surface area contributed by atoms with Gasteiger partial charge in [0, 0.05) is 36.1 Å². The molecule has 1 aromatic heterocycles. The third-order valence-electron chi connectivity index (χ3n) is 5.13. The fraction of sp³-hybridized carbons (Fsp3) is 0.476. The Kier molecular flexibility index (Phi) is 5.84. The minimum absolute atomic E-state index is 0.0812. The molecule has 0 aliphatic carbocycles. The van der Waals surface area contributed by atoms with Crippen molar-refractivity contribution in [2.45, 2.75) is 52.7 Å². The van der Waals surface area contributed by atoms with E-state index in [1.807, 2.05) is 38.4 Å². The average molecular weight is 384 g/mol. The van der Waals surface area contributed by atoms with Crippen LogP contribution in [0.4, 0.5) is 5.69 Å². The number of amides is 2. The standard InChI is InChI=1S/C21H28N4O3/c1-13(2)25-15(4)11-19(23-25)20(27)22-18-12-16(6-5-14(18)3)21(28)24-9-7-17(26)8-10-24/h5-6,11-13,17,26H,7-10H2,1-4H3,(H,22,27). The Morgan fingerprint density at radius 1 is 1.18 bits per heavy atom. The van der Waals surface area contributed by atoms with Crippen molar-refractivity contribution in [3.05, 3.63) is 46.8 Å². The first-order valence-electron chi connectivity index (χ1n) is 9.71. The molecule has 28 heavy (non-hydrogen) atoms. The Morgan fingerprint density at radius 3 is 2.46 bits per heavy atom. The zero-order valence-electron chi connectivity index (χ0n) is 16.9. The minimum atomic E-state index is -0.328. The maximum absolute atomic E-state index is 12.8. The predicted octanol–water partition coefficient (Wildman–Crippen LogP) is 2.93. The van der Waals surface area contributed by atoms with Crippen LogP contribution in [-0.4, -0.2) is 50.8 Å². The van der Waals surface area contributed by atoms with Crippen molar-refractivity contribution in [1.82, 2.24) is 14.7 Å². The number of hydrogen-bond donors (Lipinski definition) is 2. The average Bonchev–Trinajstić information content (AvgIpc) is 3.06. The highest BCUT2D eigenvalue weighted by molar-refractivity contribution is 6.04. The summed E-state index contributed by atoms with van der Waals surface area (Å²) in [6.07, 6.45) is 0.865. The van der Waals surface area contributed by atoms with Gasteiger partial charge in [-0.2, -0.15) is 5.10 Å². The van der Waals surface area contributed by atoms with Crippen LogP contribution >= 0.6 is 0 Å². The SMILES string of the molecule is Cc1ccc(C(=O)N2CCC(O)CC2)cc1NC(=O)c1cc(C)n(C(C)C)n1. The summed E-state index contributed by atoms with van der Waals surface area (Å²) < 4.78 is 1.81. The number of nitrogens with one attached hydrogen (secondary N) is 1. The smallest absolute Gasteiger partial charge is 0.276 e. The van der Waals surface area contributed by atoms with E-state index in [0.29, 0.717) is 42.9 Å². The van der Waals surface area contributed by atoms with Crippen molar-refractivity contribution in [3.8, 4) is 0 Å². The lowest BCUT2D eigenvalue weighted by molar-refractivity contribution is 0.0546. The van der Waals surface area contributed by atoms with Crippen molar-refractivity contribution in [2.24, 2.45) is 0 Å². The van der Waals surface area contributed by atoms with Crippen LogP contribution < -0.4 is 5.32 Å². The first kappa shape index (κ1) is 20.1. The van der Waals surface area contributed by atoms with Gasteiger partial charge in [0.15, 0.2) is 5.69 Å². The number of aliphatic hydroxyl groups is 1. The molecular weight excluding hydrogens is 356 g/mol. The molecule has 2 amide bonds. The summed E-state index contributed by atoms with van der Waals surface area (Å²) in [5, 5.41) is 16.9. The second-order valence-electron chi connectivity index (χ2n) is 7.72. The molecule has 1 aliphatic heterocycles. The van der Waals surface area contributed by atoms with Crippen LogP contribution in [0.2, 0.25) is 0 Å². The van der Waals surface area contributed by atoms with Gasteiger partial charge in [-0.25, -0.2) is 0 Å². The Balaban J connectivity index is 1.77. The third-order valence-corrected chi connectivity index (χ3v) is 5.13. The number of carbonyl (C=O) groups excluding carboxylic acids is 2. The van der Waals surface area contributed by atoms with Gasteiger partial charge in [-0.1, -0.05) is 6.07 Å². The Bertz CT molecular complexity index is 880. The Hall–Kier alpha value is -2.67. The lowest BCUT2D eigenvalue weighted by Gasteiger charge is -2.29. The fourth-order valence-electron chi connectivity index (χ4n) is 3.45. The fourth-order valence-corrected chi connectivity index (χ4v) is 3.45. The van der Waals surface area contributed by atoms with E-state index in [2.05, 4.69) is 10.4 Å². The van der Waals surface area contributed by atoms with E-state index in [-0.39, 0.29) is 24.0 Å². The van der Waals surface area contributed by atoms with E-state index >= 15 is 0 Å². The molecule has 0 bridgehead atoms. The molecule has 1 saturated heterocycles. The number of rotatable bonds is 4. The summed E-state index contributed by atoms with van der Waals surface area (Å²) in [4.78, 5) is 27.2. The van der Waals surface area contributed by atoms with Crippen LogP contribution in [0.3, 0.4) is 0 Å². The number of nitrogens with zero attached hydrogens (tertiary/aromatic N) is 3. The van der Waals surface area contributed by atoms with Crippen LogP contribution in [0.1, 0.15) is 64.8 Å². The van der Waals surface area contributed by atoms with Gasteiger partial charge in [-0.05, 0) is 64.3 Å². The largest absolute Gasteiger partial charge is 0.393 e. The molecule has 0 radical (unpaired) electrons.